The average Bonchev–Trinajstić information content (AvgIpc) is 2.57. The van der Waals surface area contributed by atoms with E-state index in [1.165, 1.54) is 6.07 Å². The average molecular weight is 334 g/mol. The minimum Gasteiger partial charge on any atom is -0.445 e. The number of nitrogens with zero attached hydrogens (tertiary/aromatic N) is 1. The predicted octanol–water partition coefficient (Wildman–Crippen LogP) is 3.38. The maximum absolute atomic E-state index is 12.4. The number of halogens is 3. The van der Waals surface area contributed by atoms with Gasteiger partial charge in [0.05, 0.1) is 6.54 Å². The summed E-state index contributed by atoms with van der Waals surface area (Å²) >= 11 is 0. The summed E-state index contributed by atoms with van der Waals surface area (Å²) in [7, 11) is 0. The Kier molecular flexibility index (Phi) is 5.79. The fourth-order valence-corrected chi connectivity index (χ4v) is 1.67. The number of nitrogens with one attached hydrogen (secondary N) is 1. The standard InChI is InChI=1S/C17H13F3N2O2/c18-17(19,20)15-9-8-13(11-22-15)7-4-10-21-16(23)24-12-14-5-2-1-3-6-14/h1-3,5-6,8-9,11H,10,12H2,(H,21,23). The van der Waals surface area contributed by atoms with Crippen LogP contribution in [0.5, 0.6) is 0 Å². The Morgan fingerprint density at radius 2 is 1.92 bits per heavy atom. The molecule has 0 saturated carbocycles. The lowest BCUT2D eigenvalue weighted by atomic mass is 10.2. The zero-order chi connectivity index (χ0) is 17.4. The molecule has 1 aromatic carbocycles. The van der Waals surface area contributed by atoms with Gasteiger partial charge < -0.3 is 10.1 Å². The van der Waals surface area contributed by atoms with Crippen LogP contribution in [-0.2, 0) is 17.5 Å². The maximum Gasteiger partial charge on any atom is 0.433 e. The van der Waals surface area contributed by atoms with E-state index in [1.54, 1.807) is 0 Å². The molecule has 4 nitrogen and oxygen atoms in total. The first-order valence-corrected chi connectivity index (χ1v) is 6.92. The molecule has 2 rings (SSSR count). The molecule has 0 fully saturated rings. The Morgan fingerprint density at radius 1 is 1.17 bits per heavy atom. The van der Waals surface area contributed by atoms with Gasteiger partial charge in [0.1, 0.15) is 12.3 Å². The molecule has 0 aliphatic heterocycles. The van der Waals surface area contributed by atoms with Gasteiger partial charge in [-0.1, -0.05) is 42.2 Å². The second kappa shape index (κ2) is 8.02. The summed E-state index contributed by atoms with van der Waals surface area (Å²) in [5, 5.41) is 2.42. The van der Waals surface area contributed by atoms with Crippen LogP contribution < -0.4 is 5.32 Å². The molecule has 0 aliphatic rings. The van der Waals surface area contributed by atoms with E-state index in [-0.39, 0.29) is 13.2 Å². The van der Waals surface area contributed by atoms with Crippen LogP contribution in [0.1, 0.15) is 16.8 Å². The van der Waals surface area contributed by atoms with Gasteiger partial charge in [0.2, 0.25) is 0 Å². The van der Waals surface area contributed by atoms with Gasteiger partial charge in [-0.25, -0.2) is 4.79 Å². The predicted molar refractivity (Wildman–Crippen MR) is 80.7 cm³/mol. The molecule has 0 bridgehead atoms. The molecule has 1 amide bonds. The Labute approximate surface area is 136 Å². The molecule has 124 valence electrons. The van der Waals surface area contributed by atoms with E-state index in [2.05, 4.69) is 22.1 Å². The molecular formula is C17H13F3N2O2. The van der Waals surface area contributed by atoms with Crippen molar-refractivity contribution in [1.29, 1.82) is 0 Å². The van der Waals surface area contributed by atoms with Crippen molar-refractivity contribution in [3.8, 4) is 11.8 Å². The molecule has 0 saturated heterocycles. The van der Waals surface area contributed by atoms with Crippen molar-refractivity contribution in [2.75, 3.05) is 6.54 Å². The van der Waals surface area contributed by atoms with Crippen LogP contribution in [-0.4, -0.2) is 17.6 Å². The highest BCUT2D eigenvalue weighted by molar-refractivity contribution is 5.67. The molecule has 0 radical (unpaired) electrons. The van der Waals surface area contributed by atoms with Gasteiger partial charge in [0.15, 0.2) is 0 Å². The normalized spacial score (nSPS) is 10.5. The molecule has 1 heterocycles. The van der Waals surface area contributed by atoms with E-state index >= 15 is 0 Å². The molecule has 0 aliphatic carbocycles. The van der Waals surface area contributed by atoms with Crippen molar-refractivity contribution in [3.05, 3.63) is 65.5 Å². The monoisotopic (exact) mass is 334 g/mol. The second-order valence-corrected chi connectivity index (χ2v) is 4.65. The number of alkyl carbamates (subject to hydrolysis) is 1. The first-order chi connectivity index (χ1) is 11.4. The van der Waals surface area contributed by atoms with E-state index in [0.29, 0.717) is 5.56 Å². The van der Waals surface area contributed by atoms with Gasteiger partial charge in [0, 0.05) is 11.8 Å². The number of carbonyl (C=O) groups is 1. The van der Waals surface area contributed by atoms with Crippen molar-refractivity contribution in [2.45, 2.75) is 12.8 Å². The molecule has 0 unspecified atom stereocenters. The zero-order valence-corrected chi connectivity index (χ0v) is 12.4. The minimum atomic E-state index is -4.48. The number of amides is 1. The SMILES string of the molecule is O=C(NCC#Cc1ccc(C(F)(F)F)nc1)OCc1ccccc1. The lowest BCUT2D eigenvalue weighted by Crippen LogP contribution is -2.24. The number of aromatic nitrogens is 1. The highest BCUT2D eigenvalue weighted by Crippen LogP contribution is 2.26. The van der Waals surface area contributed by atoms with E-state index in [4.69, 9.17) is 4.74 Å². The second-order valence-electron chi connectivity index (χ2n) is 4.65. The van der Waals surface area contributed by atoms with E-state index in [1.807, 2.05) is 30.3 Å². The molecule has 0 atom stereocenters. The lowest BCUT2D eigenvalue weighted by Gasteiger charge is -2.04. The number of pyridine rings is 1. The summed E-state index contributed by atoms with van der Waals surface area (Å²) < 4.78 is 42.0. The van der Waals surface area contributed by atoms with Gasteiger partial charge in [0.25, 0.3) is 0 Å². The maximum atomic E-state index is 12.4. The van der Waals surface area contributed by atoms with Gasteiger partial charge >= 0.3 is 12.3 Å². The fraction of sp³-hybridized carbons (Fsp3) is 0.176. The molecule has 1 aromatic heterocycles. The van der Waals surface area contributed by atoms with E-state index < -0.39 is 18.0 Å². The number of ether oxygens (including phenoxy) is 1. The number of hydrogen-bond donors (Lipinski definition) is 1. The summed E-state index contributed by atoms with van der Waals surface area (Å²) in [5.74, 6) is 5.21. The molecule has 2 aromatic rings. The molecule has 0 spiro atoms. The van der Waals surface area contributed by atoms with Gasteiger partial charge in [-0.05, 0) is 17.7 Å². The molecule has 1 N–H and O–H groups in total. The number of benzene rings is 1. The summed E-state index contributed by atoms with van der Waals surface area (Å²) in [4.78, 5) is 14.7. The highest BCUT2D eigenvalue weighted by atomic mass is 19.4. The zero-order valence-electron chi connectivity index (χ0n) is 12.4. The van der Waals surface area contributed by atoms with E-state index in [9.17, 15) is 18.0 Å². The quantitative estimate of drug-likeness (QED) is 0.876. The topological polar surface area (TPSA) is 51.2 Å². The van der Waals surface area contributed by atoms with Crippen LogP contribution in [0.25, 0.3) is 0 Å². The van der Waals surface area contributed by atoms with Crippen LogP contribution in [0.15, 0.2) is 48.7 Å². The largest absolute Gasteiger partial charge is 0.445 e. The molecule has 7 heteroatoms. The number of rotatable bonds is 3. The van der Waals surface area contributed by atoms with Gasteiger partial charge in [-0.2, -0.15) is 13.2 Å². The lowest BCUT2D eigenvalue weighted by molar-refractivity contribution is -0.141. The number of carbonyl (C=O) groups excluding carboxylic acids is 1. The van der Waals surface area contributed by atoms with Crippen LogP contribution in [0.3, 0.4) is 0 Å². The van der Waals surface area contributed by atoms with Crippen molar-refractivity contribution in [3.63, 3.8) is 0 Å². The Morgan fingerprint density at radius 3 is 2.54 bits per heavy atom. The smallest absolute Gasteiger partial charge is 0.433 e. The fourth-order valence-electron chi connectivity index (χ4n) is 1.67. The highest BCUT2D eigenvalue weighted by Gasteiger charge is 2.31. The molecule has 24 heavy (non-hydrogen) atoms. The Bertz CT molecular complexity index is 732. The van der Waals surface area contributed by atoms with E-state index in [0.717, 1.165) is 17.8 Å². The first-order valence-electron chi connectivity index (χ1n) is 6.92. The summed E-state index contributed by atoms with van der Waals surface area (Å²) in [5.41, 5.74) is 0.202. The third-order valence-corrected chi connectivity index (χ3v) is 2.82. The summed E-state index contributed by atoms with van der Waals surface area (Å²) in [6.45, 7) is 0.150. The van der Waals surface area contributed by atoms with Gasteiger partial charge in [-0.15, -0.1) is 0 Å². The Balaban J connectivity index is 1.76. The van der Waals surface area contributed by atoms with Crippen molar-refractivity contribution >= 4 is 6.09 Å². The van der Waals surface area contributed by atoms with Crippen LogP contribution in [0, 0.1) is 11.8 Å². The van der Waals surface area contributed by atoms with Crippen molar-refractivity contribution in [2.24, 2.45) is 0 Å². The third kappa shape index (κ3) is 5.65. The van der Waals surface area contributed by atoms with Crippen molar-refractivity contribution < 1.29 is 22.7 Å². The van der Waals surface area contributed by atoms with Crippen LogP contribution in [0.2, 0.25) is 0 Å². The van der Waals surface area contributed by atoms with Crippen molar-refractivity contribution in [1.82, 2.24) is 10.3 Å². The van der Waals surface area contributed by atoms with Gasteiger partial charge in [-0.3, -0.25) is 4.98 Å². The Hall–Kier alpha value is -3.01. The third-order valence-electron chi connectivity index (χ3n) is 2.82. The van der Waals surface area contributed by atoms with Crippen LogP contribution in [0.4, 0.5) is 18.0 Å². The minimum absolute atomic E-state index is 0.00858. The number of alkyl halides is 3. The summed E-state index contributed by atoms with van der Waals surface area (Å²) in [6.07, 6.45) is -4.07. The van der Waals surface area contributed by atoms with Crippen LogP contribution >= 0.6 is 0 Å². The first kappa shape index (κ1) is 17.3. The molecular weight excluding hydrogens is 321 g/mol. The number of hydrogen-bond acceptors (Lipinski definition) is 3. The summed E-state index contributed by atoms with van der Waals surface area (Å²) in [6, 6.07) is 11.2.